The van der Waals surface area contributed by atoms with E-state index in [1.54, 1.807) is 0 Å². The molecular formula is C11H16Cl2N2O. The number of piperidine rings is 1. The largest absolute Gasteiger partial charge is 0.355 e. The molecular weight excluding hydrogens is 247 g/mol. The highest BCUT2D eigenvalue weighted by Crippen LogP contribution is 2.58. The van der Waals surface area contributed by atoms with Crippen LogP contribution >= 0.6 is 23.2 Å². The number of hydrogen-bond donors (Lipinski definition) is 1. The zero-order chi connectivity index (χ0) is 11.5. The van der Waals surface area contributed by atoms with Crippen LogP contribution in [0.1, 0.15) is 13.3 Å². The number of rotatable bonds is 3. The number of fused-ring (bicyclic) bond motifs is 1. The van der Waals surface area contributed by atoms with E-state index in [4.69, 9.17) is 23.2 Å². The minimum atomic E-state index is -0.616. The van der Waals surface area contributed by atoms with Crippen LogP contribution in [-0.2, 0) is 4.79 Å². The molecule has 1 N–H and O–H groups in total. The van der Waals surface area contributed by atoms with Crippen molar-refractivity contribution in [3.63, 3.8) is 0 Å². The normalized spacial score (nSPS) is 47.3. The standard InChI is InChI=1S/C11H16Cl2N2O/c1-6-9(11(6,12)13)3-14-10(16)7-2-8-5-15(8)4-7/h6-9H,2-5H2,1H3,(H,14,16)/t6-,7?,8?,9-,15?/m1/s1. The van der Waals surface area contributed by atoms with Crippen LogP contribution in [0, 0.1) is 17.8 Å². The van der Waals surface area contributed by atoms with E-state index in [1.807, 2.05) is 6.92 Å². The number of nitrogens with one attached hydrogen (secondary N) is 1. The van der Waals surface area contributed by atoms with Crippen molar-refractivity contribution in [3.05, 3.63) is 0 Å². The number of halogens is 2. The topological polar surface area (TPSA) is 32.1 Å². The van der Waals surface area contributed by atoms with Crippen LogP contribution in [0.5, 0.6) is 0 Å². The number of carbonyl (C=O) groups excluding carboxylic acids is 1. The fraction of sp³-hybridized carbons (Fsp3) is 0.909. The van der Waals surface area contributed by atoms with Crippen LogP contribution in [0.2, 0.25) is 0 Å². The van der Waals surface area contributed by atoms with Gasteiger partial charge < -0.3 is 5.32 Å². The van der Waals surface area contributed by atoms with Crippen molar-refractivity contribution in [2.75, 3.05) is 19.6 Å². The van der Waals surface area contributed by atoms with Gasteiger partial charge in [-0.05, 0) is 12.3 Å². The van der Waals surface area contributed by atoms with Gasteiger partial charge in [0.2, 0.25) is 5.91 Å². The Morgan fingerprint density at radius 1 is 1.50 bits per heavy atom. The summed E-state index contributed by atoms with van der Waals surface area (Å²) in [4.78, 5) is 14.2. The zero-order valence-electron chi connectivity index (χ0n) is 9.25. The summed E-state index contributed by atoms with van der Waals surface area (Å²) < 4.78 is -0.616. The molecule has 2 aliphatic heterocycles. The Labute approximate surface area is 105 Å². The van der Waals surface area contributed by atoms with Gasteiger partial charge in [-0.25, -0.2) is 0 Å². The second-order valence-corrected chi connectivity index (χ2v) is 6.80. The lowest BCUT2D eigenvalue weighted by Gasteiger charge is -2.11. The Kier molecular flexibility index (Phi) is 2.43. The van der Waals surface area contributed by atoms with Crippen LogP contribution < -0.4 is 5.32 Å². The van der Waals surface area contributed by atoms with Crippen LogP contribution in [0.15, 0.2) is 0 Å². The molecule has 3 fully saturated rings. The molecule has 3 nitrogen and oxygen atoms in total. The summed E-state index contributed by atoms with van der Waals surface area (Å²) in [5.41, 5.74) is 0. The van der Waals surface area contributed by atoms with Gasteiger partial charge in [-0.2, -0.15) is 0 Å². The quantitative estimate of drug-likeness (QED) is 0.614. The number of alkyl halides is 2. The minimum absolute atomic E-state index is 0.176. The van der Waals surface area contributed by atoms with E-state index in [0.29, 0.717) is 12.6 Å². The molecule has 0 spiro atoms. The van der Waals surface area contributed by atoms with E-state index in [1.165, 1.54) is 6.54 Å². The first-order valence-corrected chi connectivity index (χ1v) is 6.65. The van der Waals surface area contributed by atoms with Gasteiger partial charge in [0.05, 0.1) is 5.92 Å². The maximum absolute atomic E-state index is 11.8. The van der Waals surface area contributed by atoms with Gasteiger partial charge in [0.1, 0.15) is 4.33 Å². The minimum Gasteiger partial charge on any atom is -0.355 e. The molecule has 2 saturated heterocycles. The Morgan fingerprint density at radius 2 is 2.19 bits per heavy atom. The van der Waals surface area contributed by atoms with Gasteiger partial charge in [0, 0.05) is 31.6 Å². The first kappa shape index (κ1) is 11.1. The molecule has 0 aromatic rings. The van der Waals surface area contributed by atoms with Crippen molar-refractivity contribution in [2.24, 2.45) is 17.8 Å². The van der Waals surface area contributed by atoms with E-state index in [-0.39, 0.29) is 23.7 Å². The Morgan fingerprint density at radius 3 is 2.69 bits per heavy atom. The molecule has 0 aromatic carbocycles. The van der Waals surface area contributed by atoms with E-state index < -0.39 is 4.33 Å². The van der Waals surface area contributed by atoms with Crippen molar-refractivity contribution < 1.29 is 4.79 Å². The van der Waals surface area contributed by atoms with E-state index in [2.05, 4.69) is 10.2 Å². The van der Waals surface area contributed by atoms with Crippen molar-refractivity contribution in [2.45, 2.75) is 23.7 Å². The number of carbonyl (C=O) groups is 1. The maximum Gasteiger partial charge on any atom is 0.224 e. The molecule has 5 atom stereocenters. The fourth-order valence-electron chi connectivity index (χ4n) is 2.77. The Balaban J connectivity index is 1.44. The lowest BCUT2D eigenvalue weighted by molar-refractivity contribution is -0.124. The second-order valence-electron chi connectivity index (χ2n) is 5.36. The summed E-state index contributed by atoms with van der Waals surface area (Å²) in [5, 5.41) is 2.98. The van der Waals surface area contributed by atoms with Crippen LogP contribution in [-0.4, -0.2) is 40.8 Å². The molecule has 3 unspecified atom stereocenters. The predicted molar refractivity (Wildman–Crippen MR) is 63.6 cm³/mol. The fourth-order valence-corrected chi connectivity index (χ4v) is 3.49. The first-order chi connectivity index (χ1) is 7.50. The third-order valence-corrected chi connectivity index (χ3v) is 5.55. The third kappa shape index (κ3) is 1.73. The van der Waals surface area contributed by atoms with Gasteiger partial charge in [-0.15, -0.1) is 23.2 Å². The summed E-state index contributed by atoms with van der Waals surface area (Å²) >= 11 is 12.1. The highest BCUT2D eigenvalue weighted by atomic mass is 35.5. The molecule has 1 saturated carbocycles. The molecule has 2 heterocycles. The Hall–Kier alpha value is 0.01000. The van der Waals surface area contributed by atoms with E-state index >= 15 is 0 Å². The van der Waals surface area contributed by atoms with Crippen molar-refractivity contribution in [3.8, 4) is 0 Å². The number of amides is 1. The summed E-state index contributed by atoms with van der Waals surface area (Å²) in [6, 6.07) is 0.691. The summed E-state index contributed by atoms with van der Waals surface area (Å²) in [6.45, 7) is 4.76. The highest BCUT2D eigenvalue weighted by molar-refractivity contribution is 6.51. The van der Waals surface area contributed by atoms with Crippen molar-refractivity contribution in [1.29, 1.82) is 0 Å². The van der Waals surface area contributed by atoms with Gasteiger partial charge in [-0.1, -0.05) is 6.92 Å². The molecule has 3 rings (SSSR count). The van der Waals surface area contributed by atoms with Crippen LogP contribution in [0.4, 0.5) is 0 Å². The predicted octanol–water partition coefficient (Wildman–Crippen LogP) is 1.25. The summed E-state index contributed by atoms with van der Waals surface area (Å²) in [7, 11) is 0. The van der Waals surface area contributed by atoms with Crippen molar-refractivity contribution in [1.82, 2.24) is 10.2 Å². The molecule has 90 valence electrons. The Bertz CT molecular complexity index is 324. The summed E-state index contributed by atoms with van der Waals surface area (Å²) in [6.07, 6.45) is 1.03. The SMILES string of the molecule is C[C@@H]1[C@@H](CNC(=O)C2CC3CN3C2)C1(Cl)Cl. The van der Waals surface area contributed by atoms with Gasteiger partial charge in [-0.3, -0.25) is 9.69 Å². The van der Waals surface area contributed by atoms with E-state index in [0.717, 1.165) is 13.0 Å². The average molecular weight is 263 g/mol. The molecule has 3 aliphatic rings. The average Bonchev–Trinajstić information content (AvgIpc) is 3.00. The van der Waals surface area contributed by atoms with Crippen molar-refractivity contribution >= 4 is 29.1 Å². The molecule has 0 aromatic heterocycles. The maximum atomic E-state index is 11.8. The summed E-state index contributed by atoms with van der Waals surface area (Å²) in [5.74, 6) is 0.871. The monoisotopic (exact) mass is 262 g/mol. The first-order valence-electron chi connectivity index (χ1n) is 5.89. The molecule has 1 amide bonds. The molecule has 0 radical (unpaired) electrons. The highest BCUT2D eigenvalue weighted by Gasteiger charge is 2.60. The molecule has 5 heteroatoms. The van der Waals surface area contributed by atoms with Crippen LogP contribution in [0.3, 0.4) is 0 Å². The van der Waals surface area contributed by atoms with E-state index in [9.17, 15) is 4.79 Å². The van der Waals surface area contributed by atoms with Crippen LogP contribution in [0.25, 0.3) is 0 Å². The van der Waals surface area contributed by atoms with Gasteiger partial charge in [0.15, 0.2) is 0 Å². The lowest BCUT2D eigenvalue weighted by Crippen LogP contribution is -2.34. The third-order valence-electron chi connectivity index (χ3n) is 4.30. The van der Waals surface area contributed by atoms with Gasteiger partial charge >= 0.3 is 0 Å². The second kappa shape index (κ2) is 3.50. The smallest absolute Gasteiger partial charge is 0.224 e. The molecule has 0 bridgehead atoms. The number of hydrogen-bond acceptors (Lipinski definition) is 2. The number of nitrogens with zero attached hydrogens (tertiary/aromatic N) is 1. The van der Waals surface area contributed by atoms with Gasteiger partial charge in [0.25, 0.3) is 0 Å². The lowest BCUT2D eigenvalue weighted by atomic mass is 10.1. The molecule has 16 heavy (non-hydrogen) atoms. The zero-order valence-corrected chi connectivity index (χ0v) is 10.8. The molecule has 1 aliphatic carbocycles.